The second kappa shape index (κ2) is 6.84. The molecular weight excluding hydrogens is 312 g/mol. The molecule has 0 saturated carbocycles. The maximum atomic E-state index is 12.3. The van der Waals surface area contributed by atoms with Gasteiger partial charge in [-0.25, -0.2) is 0 Å². The quantitative estimate of drug-likeness (QED) is 0.935. The van der Waals surface area contributed by atoms with Gasteiger partial charge in [0, 0.05) is 25.1 Å². The highest BCUT2D eigenvalue weighted by molar-refractivity contribution is 6.34. The Bertz CT molecular complexity index is 731. The van der Waals surface area contributed by atoms with Gasteiger partial charge in [-0.15, -0.1) is 0 Å². The first-order chi connectivity index (χ1) is 11.1. The summed E-state index contributed by atoms with van der Waals surface area (Å²) >= 11 is 6.19. The van der Waals surface area contributed by atoms with Crippen molar-refractivity contribution in [3.63, 3.8) is 0 Å². The number of hydrogen-bond acceptors (Lipinski definition) is 2. The minimum Gasteiger partial charge on any atom is -0.348 e. The van der Waals surface area contributed by atoms with E-state index in [9.17, 15) is 9.59 Å². The van der Waals surface area contributed by atoms with Crippen LogP contribution in [-0.2, 0) is 11.3 Å². The molecule has 0 aliphatic carbocycles. The second-order valence-electron chi connectivity index (χ2n) is 5.48. The summed E-state index contributed by atoms with van der Waals surface area (Å²) in [5.41, 5.74) is 2.14. The molecule has 2 aromatic carbocycles. The van der Waals surface area contributed by atoms with Gasteiger partial charge in [0.1, 0.15) is 0 Å². The SMILES string of the molecule is O=C(NCc1ccccc1)c1ccc(Cl)c(N2CCCC2=O)c1. The van der Waals surface area contributed by atoms with Gasteiger partial charge in [0.25, 0.3) is 5.91 Å². The molecule has 0 spiro atoms. The van der Waals surface area contributed by atoms with E-state index in [4.69, 9.17) is 11.6 Å². The summed E-state index contributed by atoms with van der Waals surface area (Å²) in [7, 11) is 0. The Morgan fingerprint density at radius 2 is 1.96 bits per heavy atom. The Morgan fingerprint density at radius 3 is 2.65 bits per heavy atom. The zero-order chi connectivity index (χ0) is 16.2. The molecule has 1 aliphatic heterocycles. The van der Waals surface area contributed by atoms with Crippen molar-refractivity contribution in [1.82, 2.24) is 5.32 Å². The van der Waals surface area contributed by atoms with Crippen molar-refractivity contribution in [2.75, 3.05) is 11.4 Å². The number of halogens is 1. The molecular formula is C18H17ClN2O2. The molecule has 1 fully saturated rings. The van der Waals surface area contributed by atoms with Crippen LogP contribution in [0, 0.1) is 0 Å². The number of anilines is 1. The topological polar surface area (TPSA) is 49.4 Å². The average molecular weight is 329 g/mol. The number of nitrogens with zero attached hydrogens (tertiary/aromatic N) is 1. The molecule has 0 bridgehead atoms. The van der Waals surface area contributed by atoms with Crippen molar-refractivity contribution in [2.24, 2.45) is 0 Å². The lowest BCUT2D eigenvalue weighted by Crippen LogP contribution is -2.26. The highest BCUT2D eigenvalue weighted by Gasteiger charge is 2.24. The summed E-state index contributed by atoms with van der Waals surface area (Å²) in [5, 5.41) is 3.36. The standard InChI is InChI=1S/C18H17ClN2O2/c19-15-9-8-14(11-16(15)21-10-4-7-17(21)22)18(23)20-12-13-5-2-1-3-6-13/h1-3,5-6,8-9,11H,4,7,10,12H2,(H,20,23). The van der Waals surface area contributed by atoms with Crippen LogP contribution in [0.25, 0.3) is 0 Å². The number of carbonyl (C=O) groups excluding carboxylic acids is 2. The Morgan fingerprint density at radius 1 is 1.17 bits per heavy atom. The van der Waals surface area contributed by atoms with Gasteiger partial charge in [-0.3, -0.25) is 9.59 Å². The van der Waals surface area contributed by atoms with Gasteiger partial charge in [-0.1, -0.05) is 41.9 Å². The summed E-state index contributed by atoms with van der Waals surface area (Å²) in [6.45, 7) is 1.11. The maximum Gasteiger partial charge on any atom is 0.251 e. The fraction of sp³-hybridized carbons (Fsp3) is 0.222. The first-order valence-electron chi connectivity index (χ1n) is 7.57. The first-order valence-corrected chi connectivity index (χ1v) is 7.95. The van der Waals surface area contributed by atoms with E-state index < -0.39 is 0 Å². The molecule has 5 heteroatoms. The third-order valence-electron chi connectivity index (χ3n) is 3.87. The van der Waals surface area contributed by atoms with E-state index in [-0.39, 0.29) is 11.8 Å². The molecule has 23 heavy (non-hydrogen) atoms. The third kappa shape index (κ3) is 3.54. The molecule has 1 saturated heterocycles. The number of nitrogens with one attached hydrogen (secondary N) is 1. The lowest BCUT2D eigenvalue weighted by Gasteiger charge is -2.18. The lowest BCUT2D eigenvalue weighted by molar-refractivity contribution is -0.117. The van der Waals surface area contributed by atoms with Crippen LogP contribution in [0.4, 0.5) is 5.69 Å². The van der Waals surface area contributed by atoms with Crippen LogP contribution < -0.4 is 10.2 Å². The Balaban J connectivity index is 1.74. The molecule has 1 N–H and O–H groups in total. The number of hydrogen-bond donors (Lipinski definition) is 1. The number of rotatable bonds is 4. The molecule has 0 atom stereocenters. The number of amides is 2. The van der Waals surface area contributed by atoms with E-state index >= 15 is 0 Å². The largest absolute Gasteiger partial charge is 0.348 e. The smallest absolute Gasteiger partial charge is 0.251 e. The number of benzene rings is 2. The molecule has 3 rings (SSSR count). The molecule has 4 nitrogen and oxygen atoms in total. The predicted molar refractivity (Wildman–Crippen MR) is 90.7 cm³/mol. The molecule has 1 aliphatic rings. The van der Waals surface area contributed by atoms with Crippen molar-refractivity contribution < 1.29 is 9.59 Å². The van der Waals surface area contributed by atoms with Gasteiger partial charge in [0.2, 0.25) is 5.91 Å². The monoisotopic (exact) mass is 328 g/mol. The van der Waals surface area contributed by atoms with E-state index in [0.29, 0.717) is 35.8 Å². The Kier molecular flexibility index (Phi) is 4.63. The molecule has 2 aromatic rings. The van der Waals surface area contributed by atoms with Crippen molar-refractivity contribution in [3.05, 3.63) is 64.7 Å². The first kappa shape index (κ1) is 15.6. The Hall–Kier alpha value is -2.33. The molecule has 118 valence electrons. The predicted octanol–water partition coefficient (Wildman–Crippen LogP) is 3.40. The number of carbonyl (C=O) groups is 2. The average Bonchev–Trinajstić information content (AvgIpc) is 3.00. The van der Waals surface area contributed by atoms with Gasteiger partial charge in [-0.2, -0.15) is 0 Å². The molecule has 0 aromatic heterocycles. The summed E-state index contributed by atoms with van der Waals surface area (Å²) in [6.07, 6.45) is 1.35. The fourth-order valence-corrected chi connectivity index (χ4v) is 2.86. The van der Waals surface area contributed by atoms with Crippen molar-refractivity contribution in [1.29, 1.82) is 0 Å². The van der Waals surface area contributed by atoms with Gasteiger partial charge in [0.05, 0.1) is 10.7 Å². The fourth-order valence-electron chi connectivity index (χ4n) is 2.64. The van der Waals surface area contributed by atoms with Crippen LogP contribution in [0.1, 0.15) is 28.8 Å². The molecule has 0 radical (unpaired) electrons. The van der Waals surface area contributed by atoms with E-state index in [1.807, 2.05) is 30.3 Å². The minimum atomic E-state index is -0.182. The van der Waals surface area contributed by atoms with Crippen LogP contribution in [0.15, 0.2) is 48.5 Å². The van der Waals surface area contributed by atoms with Gasteiger partial charge < -0.3 is 10.2 Å². The van der Waals surface area contributed by atoms with Crippen molar-refractivity contribution in [2.45, 2.75) is 19.4 Å². The van der Waals surface area contributed by atoms with Crippen LogP contribution >= 0.6 is 11.6 Å². The summed E-state index contributed by atoms with van der Waals surface area (Å²) in [4.78, 5) is 25.9. The van der Waals surface area contributed by atoms with Gasteiger partial charge in [0.15, 0.2) is 0 Å². The van der Waals surface area contributed by atoms with Crippen molar-refractivity contribution >= 4 is 29.1 Å². The van der Waals surface area contributed by atoms with Gasteiger partial charge in [-0.05, 0) is 30.2 Å². The van der Waals surface area contributed by atoms with Crippen LogP contribution in [-0.4, -0.2) is 18.4 Å². The maximum absolute atomic E-state index is 12.3. The zero-order valence-electron chi connectivity index (χ0n) is 12.6. The summed E-state index contributed by atoms with van der Waals surface area (Å²) in [6, 6.07) is 14.7. The van der Waals surface area contributed by atoms with E-state index in [1.54, 1.807) is 23.1 Å². The van der Waals surface area contributed by atoms with E-state index in [2.05, 4.69) is 5.32 Å². The second-order valence-corrected chi connectivity index (χ2v) is 5.89. The lowest BCUT2D eigenvalue weighted by atomic mass is 10.1. The molecule has 2 amide bonds. The summed E-state index contributed by atoms with van der Waals surface area (Å²) in [5.74, 6) is -0.132. The van der Waals surface area contributed by atoms with Crippen molar-refractivity contribution in [3.8, 4) is 0 Å². The van der Waals surface area contributed by atoms with Crippen LogP contribution in [0.3, 0.4) is 0 Å². The van der Waals surface area contributed by atoms with E-state index in [0.717, 1.165) is 12.0 Å². The summed E-state index contributed by atoms with van der Waals surface area (Å²) < 4.78 is 0. The normalized spacial score (nSPS) is 14.1. The Labute approximate surface area is 140 Å². The van der Waals surface area contributed by atoms with E-state index in [1.165, 1.54) is 0 Å². The van der Waals surface area contributed by atoms with Crippen LogP contribution in [0.5, 0.6) is 0 Å². The van der Waals surface area contributed by atoms with Crippen LogP contribution in [0.2, 0.25) is 5.02 Å². The molecule has 1 heterocycles. The highest BCUT2D eigenvalue weighted by Crippen LogP contribution is 2.30. The minimum absolute atomic E-state index is 0.0498. The molecule has 0 unspecified atom stereocenters. The highest BCUT2D eigenvalue weighted by atomic mass is 35.5. The zero-order valence-corrected chi connectivity index (χ0v) is 13.3. The van der Waals surface area contributed by atoms with Gasteiger partial charge >= 0.3 is 0 Å². The third-order valence-corrected chi connectivity index (χ3v) is 4.19.